The Kier molecular flexibility index (Phi) is 3.28. The molecule has 0 N–H and O–H groups in total. The zero-order valence-electron chi connectivity index (χ0n) is 58.7. The van der Waals surface area contributed by atoms with E-state index >= 15 is 0 Å². The summed E-state index contributed by atoms with van der Waals surface area (Å²) in [7, 11) is 0. The first kappa shape index (κ1) is 13.8. The zero-order chi connectivity index (χ0) is 64.0. The van der Waals surface area contributed by atoms with Gasteiger partial charge in [0.1, 0.15) is 11.2 Å². The summed E-state index contributed by atoms with van der Waals surface area (Å²) in [6.45, 7) is 0. The first-order valence-electron chi connectivity index (χ1n) is 31.7. The monoisotopic (exact) mass is 764 g/mol. The number of thiophene rings is 1. The maximum Gasteiger partial charge on any atom is 0.164 e. The summed E-state index contributed by atoms with van der Waals surface area (Å²) in [5.74, 6) is -2.61. The van der Waals surface area contributed by atoms with Crippen LogP contribution in [-0.4, -0.2) is 15.0 Å². The lowest BCUT2D eigenvalue weighted by molar-refractivity contribution is 0.670. The van der Waals surface area contributed by atoms with E-state index in [0.717, 1.165) is 0 Å². The molecule has 4 nitrogen and oxygen atoms in total. The van der Waals surface area contributed by atoms with Crippen LogP contribution in [0.25, 0.3) is 110 Å². The highest BCUT2D eigenvalue weighted by Gasteiger charge is 2.21. The summed E-state index contributed by atoms with van der Waals surface area (Å²) in [5.41, 5.74) is -7.74. The minimum Gasteiger partial charge on any atom is -0.455 e. The molecule has 0 unspecified atom stereocenters. The maximum absolute atomic E-state index is 9.84. The van der Waals surface area contributed by atoms with Gasteiger partial charge < -0.3 is 4.42 Å². The van der Waals surface area contributed by atoms with E-state index in [1.165, 1.54) is 0 Å². The van der Waals surface area contributed by atoms with Crippen LogP contribution in [0, 0.1) is 0 Å². The third kappa shape index (κ3) is 5.48. The van der Waals surface area contributed by atoms with Crippen LogP contribution in [0.5, 0.6) is 0 Å². The van der Waals surface area contributed by atoms with Crippen molar-refractivity contribution in [1.29, 1.82) is 0 Å². The lowest BCUT2D eigenvalue weighted by atomic mass is 9.93. The number of benzene rings is 8. The van der Waals surface area contributed by atoms with Gasteiger partial charge in [-0.2, -0.15) is 0 Å². The Bertz CT molecular complexity index is 4990. The van der Waals surface area contributed by atoms with Crippen molar-refractivity contribution in [3.63, 3.8) is 0 Å². The largest absolute Gasteiger partial charge is 0.455 e. The average molecular weight is 765 g/mol. The van der Waals surface area contributed by atoms with Crippen molar-refractivity contribution in [2.45, 2.75) is 0 Å². The minimum absolute atomic E-state index is 0.318. The molecule has 3 heterocycles. The fourth-order valence-electron chi connectivity index (χ4n) is 5.99. The van der Waals surface area contributed by atoms with Gasteiger partial charge in [-0.1, -0.05) is 157 Å². The molecule has 0 fully saturated rings. The van der Waals surface area contributed by atoms with Crippen LogP contribution >= 0.6 is 11.3 Å². The number of nitrogens with zero attached hydrogens (tertiary/aromatic N) is 3. The SMILES string of the molecule is [2H]c1c([2H])c([2H])c(-c2nc(-c3c([2H])c([2H])c([2H])c(-c4c([2H])c([2H])c([2H])c([2H])c4[2H])c3[2H])nc(-c3c([2H])c([2H])c4c(sc5c([2H])c([2H])c([2H])c(-c6c([2H])c([2H])c(-c7c([2H])c([2H])c([2H])c([2H])c7[2H])c7c6oc6c([2H])c([2H])c([2H])c([2H])c67)c54)c3[2H])n2)c([2H])c1[2H]. The molecule has 0 saturated heterocycles. The van der Waals surface area contributed by atoms with Crippen LogP contribution in [0.3, 0.4) is 0 Å². The second-order valence-corrected chi connectivity index (χ2v) is 12.6. The molecule has 0 aliphatic heterocycles. The lowest BCUT2D eigenvalue weighted by Gasteiger charge is -2.10. The first-order valence-corrected chi connectivity index (χ1v) is 17.0. The molecule has 11 aromatic rings. The van der Waals surface area contributed by atoms with Gasteiger partial charge in [0, 0.05) is 53.2 Å². The second kappa shape index (κ2) is 13.3. The Morgan fingerprint density at radius 1 is 0.375 bits per heavy atom. The van der Waals surface area contributed by atoms with E-state index < -0.39 is 288 Å². The summed E-state index contributed by atoms with van der Waals surface area (Å²) in [6.07, 6.45) is 0. The Labute approximate surface area is 370 Å². The Morgan fingerprint density at radius 2 is 0.964 bits per heavy atom. The van der Waals surface area contributed by atoms with Gasteiger partial charge in [-0.05, 0) is 58.0 Å². The van der Waals surface area contributed by atoms with Crippen molar-refractivity contribution in [3.05, 3.63) is 187 Å². The third-order valence-corrected chi connectivity index (χ3v) is 9.40. The Balaban J connectivity index is 1.28. The van der Waals surface area contributed by atoms with E-state index in [1.807, 2.05) is 0 Å². The van der Waals surface area contributed by atoms with E-state index in [2.05, 4.69) is 15.0 Å². The number of fused-ring (bicyclic) bond motifs is 6. The van der Waals surface area contributed by atoms with Gasteiger partial charge in [0.05, 0.1) is 42.5 Å². The van der Waals surface area contributed by atoms with Crippen molar-refractivity contribution in [3.8, 4) is 67.5 Å². The van der Waals surface area contributed by atoms with E-state index in [1.54, 1.807) is 0 Å². The van der Waals surface area contributed by atoms with Crippen LogP contribution in [-0.2, 0) is 0 Å². The highest BCUT2D eigenvalue weighted by molar-refractivity contribution is 7.26. The van der Waals surface area contributed by atoms with Crippen molar-refractivity contribution < 1.29 is 46.9 Å². The van der Waals surface area contributed by atoms with Crippen molar-refractivity contribution in [2.75, 3.05) is 0 Å². The number of para-hydroxylation sites is 1. The molecule has 0 aliphatic carbocycles. The van der Waals surface area contributed by atoms with E-state index in [0.29, 0.717) is 11.3 Å². The number of rotatable bonds is 6. The van der Waals surface area contributed by atoms with Gasteiger partial charge in [-0.15, -0.1) is 11.3 Å². The summed E-state index contributed by atoms with van der Waals surface area (Å²) < 4.78 is 281. The summed E-state index contributed by atoms with van der Waals surface area (Å²) in [6, 6.07) is -27.9. The molecule has 56 heavy (non-hydrogen) atoms. The quantitative estimate of drug-likeness (QED) is 0.169. The predicted molar refractivity (Wildman–Crippen MR) is 233 cm³/mol. The topological polar surface area (TPSA) is 51.8 Å². The van der Waals surface area contributed by atoms with Crippen molar-refractivity contribution in [2.24, 2.45) is 0 Å². The summed E-state index contributed by atoms with van der Waals surface area (Å²) in [4.78, 5) is 13.0. The Morgan fingerprint density at radius 3 is 1.73 bits per heavy atom. The van der Waals surface area contributed by atoms with Gasteiger partial charge in [0.25, 0.3) is 0 Å². The van der Waals surface area contributed by atoms with Crippen LogP contribution < -0.4 is 0 Å². The third-order valence-electron chi connectivity index (χ3n) is 8.38. The maximum atomic E-state index is 9.84. The van der Waals surface area contributed by atoms with Gasteiger partial charge in [-0.25, -0.2) is 15.0 Å². The molecule has 0 aliphatic rings. The van der Waals surface area contributed by atoms with Crippen LogP contribution in [0.15, 0.2) is 192 Å². The first-order chi connectivity index (χ1) is 40.6. The van der Waals surface area contributed by atoms with E-state index in [4.69, 9.17) is 35.9 Å². The molecule has 262 valence electrons. The van der Waals surface area contributed by atoms with Gasteiger partial charge in [0.15, 0.2) is 17.5 Å². The predicted octanol–water partition coefficient (Wildman–Crippen LogP) is 14.1. The van der Waals surface area contributed by atoms with Crippen LogP contribution in [0.1, 0.15) is 42.5 Å². The van der Waals surface area contributed by atoms with E-state index in [-0.39, 0.29) is 9.40 Å². The van der Waals surface area contributed by atoms with Gasteiger partial charge in [-0.3, -0.25) is 0 Å². The molecule has 0 radical (unpaired) electrons. The highest BCUT2D eigenvalue weighted by atomic mass is 32.1. The molecular formula is C51H31N3OS. The molecule has 3 aromatic heterocycles. The van der Waals surface area contributed by atoms with Crippen LogP contribution in [0.4, 0.5) is 0 Å². The molecular weight excluding hydrogens is 703 g/mol. The molecule has 0 amide bonds. The van der Waals surface area contributed by atoms with Gasteiger partial charge >= 0.3 is 0 Å². The van der Waals surface area contributed by atoms with Crippen molar-refractivity contribution >= 4 is 53.4 Å². The molecule has 8 aromatic carbocycles. The number of hydrogen-bond acceptors (Lipinski definition) is 5. The second-order valence-electron chi connectivity index (χ2n) is 11.6. The number of hydrogen-bond donors (Lipinski definition) is 0. The van der Waals surface area contributed by atoms with E-state index in [9.17, 15) is 11.0 Å². The molecule has 5 heteroatoms. The zero-order valence-corrected chi connectivity index (χ0v) is 28.5. The average Bonchev–Trinajstić information content (AvgIpc) is 1.63. The lowest BCUT2D eigenvalue weighted by Crippen LogP contribution is -2.00. The van der Waals surface area contributed by atoms with Crippen LogP contribution in [0.2, 0.25) is 0 Å². The smallest absolute Gasteiger partial charge is 0.164 e. The molecule has 11 rings (SSSR count). The molecule has 0 atom stereocenters. The number of furan rings is 1. The fourth-order valence-corrected chi connectivity index (χ4v) is 7.01. The fraction of sp³-hybridized carbons (Fsp3) is 0. The normalized spacial score (nSPS) is 19.3. The van der Waals surface area contributed by atoms with Gasteiger partial charge in [0.2, 0.25) is 0 Å². The summed E-state index contributed by atoms with van der Waals surface area (Å²) >= 11 is 0.516. The minimum atomic E-state index is -1.01. The molecule has 0 saturated carbocycles. The number of aromatic nitrogens is 3. The molecule has 0 bridgehead atoms. The highest BCUT2D eigenvalue weighted by Crippen LogP contribution is 2.46. The molecule has 0 spiro atoms. The summed E-state index contributed by atoms with van der Waals surface area (Å²) in [5, 5.41) is -1.87. The van der Waals surface area contributed by atoms with Crippen molar-refractivity contribution in [1.82, 2.24) is 15.0 Å². The standard InChI is InChI=1S/C51H31N3OS/c1-4-14-32(15-5-1)35-20-12-21-36(30-35)50-52-49(34-18-8-3-9-19-34)53-51(54-50)37-26-27-42-45(31-37)56-44-25-13-23-39(46(42)44)40-29-28-38(33-16-6-2-7-17-33)47-41-22-10-11-24-43(41)55-48(40)47/h1-31H/i1D,2D,3D,4D,5D,6D,7D,8D,9D,10D,11D,12D,13D,14D,15D,16D,17D,18D,19D,20D,21D,22D,23D,24D,25D,26D,27D,28D,29D,30D,31D. The Hall–Kier alpha value is -7.21.